The summed E-state index contributed by atoms with van der Waals surface area (Å²) in [7, 11) is 3.28. The molecule has 3 aromatic rings. The summed E-state index contributed by atoms with van der Waals surface area (Å²) in [6.45, 7) is 1.84. The van der Waals surface area contributed by atoms with Gasteiger partial charge in [-0.15, -0.1) is 0 Å². The lowest BCUT2D eigenvalue weighted by Gasteiger charge is -2.14. The van der Waals surface area contributed by atoms with Gasteiger partial charge in [-0.05, 0) is 29.8 Å². The van der Waals surface area contributed by atoms with Gasteiger partial charge in [0.1, 0.15) is 25.0 Å². The lowest BCUT2D eigenvalue weighted by Crippen LogP contribution is -2.09. The van der Waals surface area contributed by atoms with Gasteiger partial charge in [0.25, 0.3) is 0 Å². The van der Waals surface area contributed by atoms with Gasteiger partial charge < -0.3 is 18.9 Å². The van der Waals surface area contributed by atoms with Crippen LogP contribution in [0.25, 0.3) is 22.5 Å². The Morgan fingerprint density at radius 2 is 1.77 bits per heavy atom. The molecule has 2 aromatic heterocycles. The number of nitrogens with one attached hydrogen (secondary N) is 1. The Bertz CT molecular complexity index is 1070. The van der Waals surface area contributed by atoms with Crippen LogP contribution >= 0.6 is 0 Å². The van der Waals surface area contributed by atoms with E-state index in [1.54, 1.807) is 26.5 Å². The highest BCUT2D eigenvalue weighted by atomic mass is 16.5. The Labute approximate surface area is 174 Å². The summed E-state index contributed by atoms with van der Waals surface area (Å²) in [5, 5.41) is 16.6. The van der Waals surface area contributed by atoms with Crippen molar-refractivity contribution in [2.24, 2.45) is 0 Å². The first-order valence-electron chi connectivity index (χ1n) is 9.59. The lowest BCUT2D eigenvalue weighted by molar-refractivity contribution is 0.132. The lowest BCUT2D eigenvalue weighted by atomic mass is 10.1. The molecule has 0 amide bonds. The first-order chi connectivity index (χ1) is 14.7. The van der Waals surface area contributed by atoms with Crippen LogP contribution in [0.5, 0.6) is 11.5 Å². The number of aromatic amines is 1. The number of nitrogens with zero attached hydrogens (tertiary/aromatic N) is 3. The van der Waals surface area contributed by atoms with Gasteiger partial charge in [0.15, 0.2) is 11.5 Å². The highest BCUT2D eigenvalue weighted by Gasteiger charge is 2.27. The Hall–Kier alpha value is -3.41. The van der Waals surface area contributed by atoms with Crippen LogP contribution in [0, 0.1) is 11.3 Å². The zero-order valence-electron chi connectivity index (χ0n) is 16.9. The number of rotatable bonds is 9. The van der Waals surface area contributed by atoms with Gasteiger partial charge in [0.2, 0.25) is 0 Å². The predicted octanol–water partition coefficient (Wildman–Crippen LogP) is 2.96. The summed E-state index contributed by atoms with van der Waals surface area (Å²) >= 11 is 0. The van der Waals surface area contributed by atoms with Crippen molar-refractivity contribution >= 4 is 0 Å². The van der Waals surface area contributed by atoms with Crippen LogP contribution < -0.4 is 9.47 Å². The largest absolute Gasteiger partial charge is 0.487 e. The Kier molecular flexibility index (Phi) is 5.93. The SMILES string of the molecule is COCCOc1cc2c(cc1OCCOC)-c1[nH]nc(-c3ccc(C#N)nc3)c1C2. The molecule has 0 fully saturated rings. The van der Waals surface area contributed by atoms with Crippen LogP contribution in [-0.2, 0) is 15.9 Å². The van der Waals surface area contributed by atoms with E-state index in [4.69, 9.17) is 24.2 Å². The molecular weight excluding hydrogens is 384 g/mol. The van der Waals surface area contributed by atoms with E-state index >= 15 is 0 Å². The van der Waals surface area contributed by atoms with Gasteiger partial charge in [-0.2, -0.15) is 10.4 Å². The fraction of sp³-hybridized carbons (Fsp3) is 0.318. The number of methoxy groups -OCH3 is 2. The van der Waals surface area contributed by atoms with Crippen molar-refractivity contribution in [3.05, 3.63) is 47.3 Å². The minimum absolute atomic E-state index is 0.380. The van der Waals surface area contributed by atoms with Gasteiger partial charge in [0, 0.05) is 43.5 Å². The average molecular weight is 406 g/mol. The average Bonchev–Trinajstić information content (AvgIpc) is 3.33. The third-order valence-electron chi connectivity index (χ3n) is 4.91. The van der Waals surface area contributed by atoms with E-state index in [1.165, 1.54) is 0 Å². The Morgan fingerprint density at radius 1 is 1.03 bits per heavy atom. The number of nitriles is 1. The molecule has 2 heterocycles. The van der Waals surface area contributed by atoms with Crippen LogP contribution in [0.3, 0.4) is 0 Å². The number of hydrogen-bond donors (Lipinski definition) is 1. The van der Waals surface area contributed by atoms with Crippen molar-refractivity contribution in [1.29, 1.82) is 5.26 Å². The standard InChI is InChI=1S/C22H22N4O4/c1-27-5-7-29-19-10-15-9-18-21(14-3-4-16(12-23)24-13-14)25-26-22(18)17(15)11-20(19)30-8-6-28-2/h3-4,10-11,13H,5-9H2,1-2H3,(H,25,26). The Morgan fingerprint density at radius 3 is 2.40 bits per heavy atom. The van der Waals surface area contributed by atoms with Crippen molar-refractivity contribution in [1.82, 2.24) is 15.2 Å². The van der Waals surface area contributed by atoms with E-state index < -0.39 is 0 Å². The van der Waals surface area contributed by atoms with Crippen molar-refractivity contribution in [2.45, 2.75) is 6.42 Å². The van der Waals surface area contributed by atoms with Gasteiger partial charge in [-0.1, -0.05) is 0 Å². The normalized spacial score (nSPS) is 11.6. The summed E-state index contributed by atoms with van der Waals surface area (Å²) in [4.78, 5) is 4.16. The molecule has 30 heavy (non-hydrogen) atoms. The molecule has 154 valence electrons. The molecule has 0 unspecified atom stereocenters. The maximum Gasteiger partial charge on any atom is 0.161 e. The number of H-pyrrole nitrogens is 1. The highest BCUT2D eigenvalue weighted by molar-refractivity contribution is 5.82. The van der Waals surface area contributed by atoms with Gasteiger partial charge in [-0.3, -0.25) is 5.10 Å². The minimum Gasteiger partial charge on any atom is -0.487 e. The third-order valence-corrected chi connectivity index (χ3v) is 4.91. The molecule has 8 heteroatoms. The van der Waals surface area contributed by atoms with E-state index in [1.807, 2.05) is 24.3 Å². The molecule has 0 atom stereocenters. The second-order valence-corrected chi connectivity index (χ2v) is 6.79. The van der Waals surface area contributed by atoms with Gasteiger partial charge in [0.05, 0.1) is 24.6 Å². The van der Waals surface area contributed by atoms with E-state index in [0.29, 0.717) is 43.6 Å². The second-order valence-electron chi connectivity index (χ2n) is 6.79. The fourth-order valence-corrected chi connectivity index (χ4v) is 3.47. The molecule has 0 spiro atoms. The topological polar surface area (TPSA) is 102 Å². The predicted molar refractivity (Wildman–Crippen MR) is 110 cm³/mol. The molecule has 1 aliphatic rings. The molecule has 1 aliphatic carbocycles. The first-order valence-corrected chi connectivity index (χ1v) is 9.59. The fourth-order valence-electron chi connectivity index (χ4n) is 3.47. The molecule has 0 aliphatic heterocycles. The van der Waals surface area contributed by atoms with E-state index in [9.17, 15) is 0 Å². The second kappa shape index (κ2) is 8.95. The van der Waals surface area contributed by atoms with Crippen LogP contribution in [0.15, 0.2) is 30.5 Å². The monoisotopic (exact) mass is 406 g/mol. The number of hydrogen-bond acceptors (Lipinski definition) is 7. The van der Waals surface area contributed by atoms with E-state index in [-0.39, 0.29) is 0 Å². The molecule has 4 rings (SSSR count). The van der Waals surface area contributed by atoms with Crippen LogP contribution in [-0.4, -0.2) is 55.8 Å². The zero-order chi connectivity index (χ0) is 20.9. The van der Waals surface area contributed by atoms with Gasteiger partial charge in [-0.25, -0.2) is 4.98 Å². The summed E-state index contributed by atoms with van der Waals surface area (Å²) in [6, 6.07) is 9.60. The third kappa shape index (κ3) is 3.85. The number of ether oxygens (including phenoxy) is 4. The molecule has 0 saturated carbocycles. The molecule has 1 N–H and O–H groups in total. The summed E-state index contributed by atoms with van der Waals surface area (Å²) < 4.78 is 22.0. The number of aromatic nitrogens is 3. The minimum atomic E-state index is 0.380. The summed E-state index contributed by atoms with van der Waals surface area (Å²) in [5.41, 5.74) is 6.31. The van der Waals surface area contributed by atoms with E-state index in [0.717, 1.165) is 40.1 Å². The van der Waals surface area contributed by atoms with Crippen molar-refractivity contribution in [3.8, 4) is 40.1 Å². The smallest absolute Gasteiger partial charge is 0.161 e. The molecule has 0 bridgehead atoms. The van der Waals surface area contributed by atoms with Crippen molar-refractivity contribution < 1.29 is 18.9 Å². The Balaban J connectivity index is 1.66. The van der Waals surface area contributed by atoms with E-state index in [2.05, 4.69) is 15.2 Å². The number of pyridine rings is 1. The molecule has 1 aromatic carbocycles. The maximum absolute atomic E-state index is 8.97. The quantitative estimate of drug-likeness (QED) is 0.426. The zero-order valence-corrected chi connectivity index (χ0v) is 16.9. The van der Waals surface area contributed by atoms with Crippen molar-refractivity contribution in [3.63, 3.8) is 0 Å². The number of fused-ring (bicyclic) bond motifs is 3. The van der Waals surface area contributed by atoms with Crippen LogP contribution in [0.4, 0.5) is 0 Å². The van der Waals surface area contributed by atoms with Crippen LogP contribution in [0.1, 0.15) is 16.8 Å². The highest BCUT2D eigenvalue weighted by Crippen LogP contribution is 2.44. The summed E-state index contributed by atoms with van der Waals surface area (Å²) in [6.07, 6.45) is 2.39. The first kappa shape index (κ1) is 19.9. The van der Waals surface area contributed by atoms with Crippen LogP contribution in [0.2, 0.25) is 0 Å². The summed E-state index contributed by atoms with van der Waals surface area (Å²) in [5.74, 6) is 1.34. The van der Waals surface area contributed by atoms with Crippen molar-refractivity contribution in [2.75, 3.05) is 40.6 Å². The van der Waals surface area contributed by atoms with Gasteiger partial charge >= 0.3 is 0 Å². The maximum atomic E-state index is 8.97. The molecule has 8 nitrogen and oxygen atoms in total. The molecule has 0 radical (unpaired) electrons. The molecular formula is C22H22N4O4. The molecule has 0 saturated heterocycles. The number of benzene rings is 1.